The van der Waals surface area contributed by atoms with E-state index in [0.717, 1.165) is 16.3 Å². The number of aryl methyl sites for hydroxylation is 1. The molecule has 1 aromatic rings. The average Bonchev–Trinajstić information content (AvgIpc) is 2.17. The molecule has 0 aliphatic heterocycles. The van der Waals surface area contributed by atoms with Crippen LogP contribution in [-0.2, 0) is 4.79 Å². The van der Waals surface area contributed by atoms with Crippen LogP contribution >= 0.6 is 15.9 Å². The van der Waals surface area contributed by atoms with Crippen LogP contribution in [0.25, 0.3) is 0 Å². The molecule has 0 radical (unpaired) electrons. The van der Waals surface area contributed by atoms with E-state index in [-0.39, 0.29) is 0 Å². The predicted octanol–water partition coefficient (Wildman–Crippen LogP) is 2.16. The summed E-state index contributed by atoms with van der Waals surface area (Å²) < 4.78 is 5.88. The smallest absolute Gasteiger partial charge is 0.270 e. The molecule has 0 aliphatic carbocycles. The predicted molar refractivity (Wildman–Crippen MR) is 64.3 cm³/mol. The van der Waals surface area contributed by atoms with Crippen molar-refractivity contribution in [3.05, 3.63) is 22.2 Å². The number of benzene rings is 1. The molecule has 0 saturated heterocycles. The molecule has 6 heteroatoms. The minimum atomic E-state index is -0.529. The third kappa shape index (κ3) is 2.96. The van der Waals surface area contributed by atoms with Crippen LogP contribution in [0.4, 0.5) is 5.69 Å². The summed E-state index contributed by atoms with van der Waals surface area (Å²) in [4.78, 5) is 11.2. The van der Waals surface area contributed by atoms with Crippen molar-refractivity contribution in [3.8, 4) is 5.75 Å². The lowest BCUT2D eigenvalue weighted by Gasteiger charge is -2.11. The van der Waals surface area contributed by atoms with Gasteiger partial charge in [0.2, 0.25) is 0 Å². The first-order chi connectivity index (χ1) is 7.58. The third-order valence-electron chi connectivity index (χ3n) is 1.82. The van der Waals surface area contributed by atoms with Gasteiger partial charge in [0.05, 0.1) is 17.3 Å². The summed E-state index contributed by atoms with van der Waals surface area (Å²) in [6, 6.07) is 3.63. The van der Waals surface area contributed by atoms with Crippen LogP contribution in [0.1, 0.15) is 5.56 Å². The second-order valence-electron chi connectivity index (χ2n) is 3.06. The Kier molecular flexibility index (Phi) is 4.30. The first-order valence-corrected chi connectivity index (χ1v) is 5.20. The summed E-state index contributed by atoms with van der Waals surface area (Å²) in [7, 11) is 1.51. The molecule has 0 bridgehead atoms. The number of nitrogens with zero attached hydrogens (tertiary/aromatic N) is 1. The van der Waals surface area contributed by atoms with E-state index in [2.05, 4.69) is 26.4 Å². The van der Waals surface area contributed by atoms with Gasteiger partial charge in [-0.3, -0.25) is 4.79 Å². The Bertz CT molecular complexity index is 432. The van der Waals surface area contributed by atoms with Crippen LogP contribution in [0.2, 0.25) is 0 Å². The van der Waals surface area contributed by atoms with Crippen LogP contribution in [0.3, 0.4) is 0 Å². The molecule has 1 rings (SSSR count). The maximum absolute atomic E-state index is 11.2. The highest BCUT2D eigenvalue weighted by Gasteiger charge is 2.10. The summed E-state index contributed by atoms with van der Waals surface area (Å²) in [5.41, 5.74) is 1.48. The number of anilines is 1. The van der Waals surface area contributed by atoms with E-state index in [4.69, 9.17) is 9.94 Å². The molecule has 1 amide bonds. The molecule has 0 spiro atoms. The van der Waals surface area contributed by atoms with Gasteiger partial charge in [-0.25, -0.2) is 0 Å². The Balaban J connectivity index is 3.07. The number of amides is 1. The zero-order valence-electron chi connectivity index (χ0n) is 8.82. The summed E-state index contributed by atoms with van der Waals surface area (Å²) >= 11 is 3.33. The van der Waals surface area contributed by atoms with E-state index in [0.29, 0.717) is 11.4 Å². The van der Waals surface area contributed by atoms with Crippen molar-refractivity contribution in [2.75, 3.05) is 12.4 Å². The van der Waals surface area contributed by atoms with E-state index in [1.54, 1.807) is 6.07 Å². The Labute approximate surface area is 101 Å². The van der Waals surface area contributed by atoms with E-state index < -0.39 is 5.91 Å². The van der Waals surface area contributed by atoms with Crippen molar-refractivity contribution in [2.24, 2.45) is 5.16 Å². The standard InChI is InChI=1S/C10H11BrN2O3/c1-6-3-7(11)10(16-2)8(4-6)13-9(14)5-12-15/h3-5,15H,1-2H3,(H,13,14). The second-order valence-corrected chi connectivity index (χ2v) is 3.92. The highest BCUT2D eigenvalue weighted by molar-refractivity contribution is 9.10. The number of rotatable bonds is 3. The van der Waals surface area contributed by atoms with Gasteiger partial charge >= 0.3 is 0 Å². The molecule has 0 unspecified atom stereocenters. The van der Waals surface area contributed by atoms with Gasteiger partial charge in [-0.15, -0.1) is 0 Å². The number of ether oxygens (including phenoxy) is 1. The summed E-state index contributed by atoms with van der Waals surface area (Å²) in [5.74, 6) is -0.0106. The number of methoxy groups -OCH3 is 1. The fourth-order valence-electron chi connectivity index (χ4n) is 1.25. The van der Waals surface area contributed by atoms with Crippen molar-refractivity contribution in [1.29, 1.82) is 0 Å². The Hall–Kier alpha value is -1.56. The van der Waals surface area contributed by atoms with E-state index >= 15 is 0 Å². The van der Waals surface area contributed by atoms with Crippen LogP contribution in [-0.4, -0.2) is 24.4 Å². The number of hydrogen-bond acceptors (Lipinski definition) is 4. The molecule has 0 saturated carbocycles. The second kappa shape index (κ2) is 5.50. The Morgan fingerprint density at radius 3 is 2.88 bits per heavy atom. The highest BCUT2D eigenvalue weighted by Crippen LogP contribution is 2.34. The number of carbonyl (C=O) groups excluding carboxylic acids is 1. The normalized spacial score (nSPS) is 10.4. The monoisotopic (exact) mass is 286 g/mol. The van der Waals surface area contributed by atoms with Crippen molar-refractivity contribution in [3.63, 3.8) is 0 Å². The number of oxime groups is 1. The van der Waals surface area contributed by atoms with Gasteiger partial charge in [0.15, 0.2) is 5.75 Å². The van der Waals surface area contributed by atoms with Gasteiger partial charge in [-0.1, -0.05) is 5.16 Å². The number of halogens is 1. The first kappa shape index (κ1) is 12.5. The molecule has 0 heterocycles. The maximum Gasteiger partial charge on any atom is 0.270 e. The highest BCUT2D eigenvalue weighted by atomic mass is 79.9. The average molecular weight is 287 g/mol. The Morgan fingerprint density at radius 1 is 1.62 bits per heavy atom. The zero-order valence-corrected chi connectivity index (χ0v) is 10.4. The molecular weight excluding hydrogens is 276 g/mol. The van der Waals surface area contributed by atoms with Crippen LogP contribution < -0.4 is 10.1 Å². The van der Waals surface area contributed by atoms with Crippen molar-refractivity contribution in [1.82, 2.24) is 0 Å². The van der Waals surface area contributed by atoms with Gasteiger partial charge in [-0.2, -0.15) is 0 Å². The minimum absolute atomic E-state index is 0.513. The molecule has 86 valence electrons. The SMILES string of the molecule is COc1c(Br)cc(C)cc1NC(=O)C=NO. The summed E-state index contributed by atoms with van der Waals surface area (Å²) in [6.07, 6.45) is 0.773. The van der Waals surface area contributed by atoms with Crippen molar-refractivity contribution in [2.45, 2.75) is 6.92 Å². The lowest BCUT2D eigenvalue weighted by Crippen LogP contribution is -2.13. The zero-order chi connectivity index (χ0) is 12.1. The Morgan fingerprint density at radius 2 is 2.31 bits per heavy atom. The minimum Gasteiger partial charge on any atom is -0.493 e. The van der Waals surface area contributed by atoms with Crippen LogP contribution in [0.15, 0.2) is 21.8 Å². The quantitative estimate of drug-likeness (QED) is 0.508. The van der Waals surface area contributed by atoms with Crippen LogP contribution in [0.5, 0.6) is 5.75 Å². The van der Waals surface area contributed by atoms with Gasteiger partial charge in [-0.05, 0) is 40.5 Å². The largest absolute Gasteiger partial charge is 0.493 e. The number of hydrogen-bond donors (Lipinski definition) is 2. The van der Waals surface area contributed by atoms with Crippen LogP contribution in [0, 0.1) is 6.92 Å². The van der Waals surface area contributed by atoms with E-state index in [9.17, 15) is 4.79 Å². The molecule has 5 nitrogen and oxygen atoms in total. The molecule has 0 fully saturated rings. The first-order valence-electron chi connectivity index (χ1n) is 4.41. The maximum atomic E-state index is 11.2. The third-order valence-corrected chi connectivity index (χ3v) is 2.41. The lowest BCUT2D eigenvalue weighted by molar-refractivity contribution is -0.110. The molecular formula is C10H11BrN2O3. The number of nitrogens with one attached hydrogen (secondary N) is 1. The van der Waals surface area contributed by atoms with Gasteiger partial charge in [0.1, 0.15) is 6.21 Å². The molecule has 2 N–H and O–H groups in total. The fourth-order valence-corrected chi connectivity index (χ4v) is 1.98. The van der Waals surface area contributed by atoms with Gasteiger partial charge in [0, 0.05) is 0 Å². The van der Waals surface area contributed by atoms with Gasteiger partial charge in [0.25, 0.3) is 5.91 Å². The molecule has 16 heavy (non-hydrogen) atoms. The summed E-state index contributed by atoms with van der Waals surface area (Å²) in [6.45, 7) is 1.89. The van der Waals surface area contributed by atoms with Crippen molar-refractivity contribution >= 4 is 33.7 Å². The lowest BCUT2D eigenvalue weighted by atomic mass is 10.2. The molecule has 0 aromatic heterocycles. The fraction of sp³-hybridized carbons (Fsp3) is 0.200. The molecule has 0 aliphatic rings. The van der Waals surface area contributed by atoms with E-state index in [1.165, 1.54) is 7.11 Å². The van der Waals surface area contributed by atoms with E-state index in [1.807, 2.05) is 13.0 Å². The van der Waals surface area contributed by atoms with Crippen molar-refractivity contribution < 1.29 is 14.7 Å². The topological polar surface area (TPSA) is 70.9 Å². The molecule has 0 atom stereocenters. The van der Waals surface area contributed by atoms with Gasteiger partial charge < -0.3 is 15.3 Å². The number of carbonyl (C=O) groups is 1. The summed E-state index contributed by atoms with van der Waals surface area (Å²) in [5, 5.41) is 13.4. The molecule has 1 aromatic carbocycles.